The van der Waals surface area contributed by atoms with Gasteiger partial charge in [0.15, 0.2) is 0 Å². The molecule has 0 saturated carbocycles. The minimum atomic E-state index is -4.60. The van der Waals surface area contributed by atoms with Crippen LogP contribution in [0.3, 0.4) is 0 Å². The van der Waals surface area contributed by atoms with Crippen LogP contribution in [-0.2, 0) is 6.54 Å². The molecule has 4 aromatic heterocycles. The first-order chi connectivity index (χ1) is 19.7. The number of rotatable bonds is 1. The van der Waals surface area contributed by atoms with Crippen LogP contribution < -0.4 is 15.5 Å². The highest BCUT2D eigenvalue weighted by Gasteiger charge is 2.37. The number of pyridine rings is 1. The number of hydrogen-bond donors (Lipinski definition) is 2. The monoisotopic (exact) mass is 592 g/mol. The summed E-state index contributed by atoms with van der Waals surface area (Å²) in [6.07, 6.45) is 2.18. The summed E-state index contributed by atoms with van der Waals surface area (Å²) in [4.78, 5) is 25.1. The maximum atomic E-state index is 15.4. The van der Waals surface area contributed by atoms with Crippen molar-refractivity contribution in [2.75, 3.05) is 42.9 Å². The molecule has 0 radical (unpaired) electrons. The molecule has 1 amide bonds. The average molecular weight is 593 g/mol. The summed E-state index contributed by atoms with van der Waals surface area (Å²) < 4.78 is 68.5. The number of halogens is 4. The van der Waals surface area contributed by atoms with E-state index in [-0.39, 0.29) is 52.9 Å². The molecule has 16 heteroatoms. The van der Waals surface area contributed by atoms with Crippen LogP contribution >= 0.6 is 11.8 Å². The van der Waals surface area contributed by atoms with E-state index in [9.17, 15) is 18.0 Å². The molecular weight excluding hydrogens is 568 g/mol. The summed E-state index contributed by atoms with van der Waals surface area (Å²) in [6.45, 7) is 2.82. The highest BCUT2D eigenvalue weighted by molar-refractivity contribution is 8.00. The van der Waals surface area contributed by atoms with Crippen LogP contribution in [0.25, 0.3) is 16.9 Å². The van der Waals surface area contributed by atoms with Crippen molar-refractivity contribution in [3.63, 3.8) is 0 Å². The van der Waals surface area contributed by atoms with Gasteiger partial charge in [0.1, 0.15) is 6.17 Å². The highest BCUT2D eigenvalue weighted by Crippen LogP contribution is 2.44. The van der Waals surface area contributed by atoms with Crippen molar-refractivity contribution in [2.45, 2.75) is 35.7 Å². The van der Waals surface area contributed by atoms with Crippen LogP contribution in [0.4, 0.5) is 29.3 Å². The first-order valence-electron chi connectivity index (χ1n) is 13.0. The third-order valence-corrected chi connectivity index (χ3v) is 8.35. The zero-order valence-electron chi connectivity index (χ0n) is 21.4. The number of oxazole rings is 1. The zero-order chi connectivity index (χ0) is 28.3. The summed E-state index contributed by atoms with van der Waals surface area (Å²) in [6, 6.07) is 4.67. The minimum absolute atomic E-state index is 0.00440. The van der Waals surface area contributed by atoms with Crippen molar-refractivity contribution in [2.24, 2.45) is 5.92 Å². The molecule has 0 aromatic carbocycles. The SMILES string of the molecule is O=C1NCc2nc(no2)-c2cc3c(cccn3c2SC(F)(F)F)N[C@@H]2CCN(CC3CN(C3)c3ncc1o3)C[C@@H]2F. The van der Waals surface area contributed by atoms with Gasteiger partial charge in [-0.3, -0.25) is 9.69 Å². The van der Waals surface area contributed by atoms with E-state index in [1.165, 1.54) is 22.9 Å². The molecule has 9 heterocycles. The highest BCUT2D eigenvalue weighted by atomic mass is 32.2. The number of thioether (sulfide) groups is 1. The maximum Gasteiger partial charge on any atom is 0.447 e. The second-order valence-corrected chi connectivity index (χ2v) is 11.4. The van der Waals surface area contributed by atoms with Gasteiger partial charge in [-0.15, -0.1) is 0 Å². The molecule has 10 bridgehead atoms. The van der Waals surface area contributed by atoms with Crippen LogP contribution in [0.15, 0.2) is 44.6 Å². The number of carbonyl (C=O) groups is 1. The van der Waals surface area contributed by atoms with Gasteiger partial charge in [-0.05, 0) is 24.6 Å². The van der Waals surface area contributed by atoms with Gasteiger partial charge in [-0.1, -0.05) is 5.16 Å². The summed E-state index contributed by atoms with van der Waals surface area (Å²) in [7, 11) is 0. The topological polar surface area (TPSA) is 117 Å². The number of anilines is 2. The molecule has 0 spiro atoms. The van der Waals surface area contributed by atoms with Gasteiger partial charge in [0.05, 0.1) is 40.6 Å². The second-order valence-electron chi connectivity index (χ2n) is 10.4. The molecule has 2 fully saturated rings. The quantitative estimate of drug-likeness (QED) is 0.250. The van der Waals surface area contributed by atoms with Crippen molar-refractivity contribution < 1.29 is 31.3 Å². The third kappa shape index (κ3) is 5.09. The van der Waals surface area contributed by atoms with E-state index in [2.05, 4.69) is 30.7 Å². The van der Waals surface area contributed by atoms with Gasteiger partial charge in [-0.25, -0.2) is 9.37 Å². The van der Waals surface area contributed by atoms with E-state index in [0.29, 0.717) is 49.2 Å². The molecule has 4 aromatic rings. The van der Waals surface area contributed by atoms with Crippen molar-refractivity contribution in [3.05, 3.63) is 42.2 Å². The van der Waals surface area contributed by atoms with Crippen molar-refractivity contribution in [1.29, 1.82) is 0 Å². The Hall–Kier alpha value is -3.79. The van der Waals surface area contributed by atoms with Crippen molar-refractivity contribution in [1.82, 2.24) is 29.7 Å². The Balaban J connectivity index is 1.26. The van der Waals surface area contributed by atoms with Gasteiger partial charge in [-0.2, -0.15) is 18.2 Å². The lowest BCUT2D eigenvalue weighted by atomic mass is 9.97. The molecule has 2 N–H and O–H groups in total. The Morgan fingerprint density at radius 2 is 2.02 bits per heavy atom. The Kier molecular flexibility index (Phi) is 6.33. The third-order valence-electron chi connectivity index (χ3n) is 7.51. The fourth-order valence-corrected chi connectivity index (χ4v) is 6.30. The van der Waals surface area contributed by atoms with Crippen LogP contribution in [0.1, 0.15) is 22.9 Å². The van der Waals surface area contributed by atoms with Crippen molar-refractivity contribution >= 4 is 34.9 Å². The Morgan fingerprint density at radius 3 is 2.83 bits per heavy atom. The van der Waals surface area contributed by atoms with Crippen LogP contribution in [0, 0.1) is 5.92 Å². The summed E-state index contributed by atoms with van der Waals surface area (Å²) in [5, 5.41) is 9.56. The minimum Gasteiger partial charge on any atom is -0.418 e. The predicted octanol–water partition coefficient (Wildman–Crippen LogP) is 3.79. The van der Waals surface area contributed by atoms with E-state index in [1.807, 2.05) is 4.90 Å². The predicted molar refractivity (Wildman–Crippen MR) is 139 cm³/mol. The van der Waals surface area contributed by atoms with Gasteiger partial charge in [0.25, 0.3) is 11.9 Å². The standard InChI is InChI=1S/C25H24F4N8O3S/c26-15-12-35-5-3-16(15)32-17-2-1-4-37-18(17)6-14(23(37)41-25(27,28)29)21-33-20(40-34-21)8-30-22(38)19-7-31-24(39-19)36-10-13(9-35)11-36/h1-2,4,6-7,13,15-16,32H,3,5,8-12H2,(H,30,38)/t15-,16+/m0/s1. The maximum absolute atomic E-state index is 15.4. The number of hydrogen-bond acceptors (Lipinski definition) is 10. The zero-order valence-corrected chi connectivity index (χ0v) is 22.2. The van der Waals surface area contributed by atoms with E-state index in [4.69, 9.17) is 8.94 Å². The number of fused-ring (bicyclic) bond motifs is 1. The van der Waals surface area contributed by atoms with Crippen LogP contribution in [0.5, 0.6) is 0 Å². The lowest BCUT2D eigenvalue weighted by Gasteiger charge is -2.43. The summed E-state index contributed by atoms with van der Waals surface area (Å²) >= 11 is -0.304. The molecule has 1 unspecified atom stereocenters. The number of amides is 1. The second kappa shape index (κ2) is 9.94. The largest absolute Gasteiger partial charge is 0.447 e. The fraction of sp³-hybridized carbons (Fsp3) is 0.440. The number of piperidine rings is 1. The lowest BCUT2D eigenvalue weighted by molar-refractivity contribution is -0.0329. The van der Waals surface area contributed by atoms with E-state index >= 15 is 4.39 Å². The summed E-state index contributed by atoms with van der Waals surface area (Å²) in [5.74, 6) is -0.348. The van der Waals surface area contributed by atoms with E-state index in [0.717, 1.165) is 6.54 Å². The van der Waals surface area contributed by atoms with Gasteiger partial charge in [0, 0.05) is 56.6 Å². The van der Waals surface area contributed by atoms with Crippen LogP contribution in [-0.4, -0.2) is 80.8 Å². The first kappa shape index (κ1) is 26.1. The molecule has 41 heavy (non-hydrogen) atoms. The first-order valence-corrected chi connectivity index (χ1v) is 13.9. The number of nitrogens with zero attached hydrogens (tertiary/aromatic N) is 6. The van der Waals surface area contributed by atoms with E-state index in [1.54, 1.807) is 12.1 Å². The molecule has 11 nitrogen and oxygen atoms in total. The number of carbonyl (C=O) groups excluding carboxylic acids is 1. The molecule has 216 valence electrons. The number of nitrogens with one attached hydrogen (secondary N) is 2. The summed E-state index contributed by atoms with van der Waals surface area (Å²) in [5.41, 5.74) is -3.59. The molecule has 5 aliphatic rings. The molecule has 3 atom stereocenters. The van der Waals surface area contributed by atoms with Gasteiger partial charge < -0.3 is 28.9 Å². The lowest BCUT2D eigenvalue weighted by Crippen LogP contribution is -2.55. The normalized spacial score (nSPS) is 24.9. The molecule has 2 saturated heterocycles. The fourth-order valence-electron chi connectivity index (χ4n) is 5.57. The smallest absolute Gasteiger partial charge is 0.418 e. The molecular formula is C25H24F4N8O3S. The van der Waals surface area contributed by atoms with Crippen LogP contribution in [0.2, 0.25) is 0 Å². The number of aromatic nitrogens is 4. The Bertz CT molecular complexity index is 1600. The Labute approximate surface area is 234 Å². The van der Waals surface area contributed by atoms with Crippen molar-refractivity contribution in [3.8, 4) is 11.4 Å². The molecule has 9 rings (SSSR count). The van der Waals surface area contributed by atoms with Gasteiger partial charge >= 0.3 is 5.51 Å². The molecule has 0 aliphatic carbocycles. The van der Waals surface area contributed by atoms with E-state index < -0.39 is 23.6 Å². The Morgan fingerprint density at radius 1 is 1.17 bits per heavy atom. The van der Waals surface area contributed by atoms with Gasteiger partial charge in [0.2, 0.25) is 17.5 Å². The average Bonchev–Trinajstić information content (AvgIpc) is 3.64. The molecule has 5 aliphatic heterocycles. The number of alkyl halides is 4.